The maximum absolute atomic E-state index is 12.5. The third-order valence-corrected chi connectivity index (χ3v) is 5.68. The van der Waals surface area contributed by atoms with Crippen LogP contribution >= 0.6 is 0 Å². The van der Waals surface area contributed by atoms with Crippen LogP contribution in [0.15, 0.2) is 0 Å². The third kappa shape index (κ3) is 2.28. The minimum atomic E-state index is -0.225. The van der Waals surface area contributed by atoms with Crippen molar-refractivity contribution in [1.82, 2.24) is 4.90 Å². The standard InChI is InChI=1S/C16H25NO3/c18-11-16(8-4-1-5-9-16)10-17-14(19)12-6-2-3-7-13(12)15(17)20/h12-13,18H,1-11H2. The number of aliphatic hydroxyl groups excluding tert-OH is 1. The molecule has 0 radical (unpaired) electrons. The van der Waals surface area contributed by atoms with Crippen molar-refractivity contribution in [3.8, 4) is 0 Å². The summed E-state index contributed by atoms with van der Waals surface area (Å²) in [7, 11) is 0. The molecule has 3 fully saturated rings. The molecule has 4 nitrogen and oxygen atoms in total. The number of amides is 2. The van der Waals surface area contributed by atoms with Crippen molar-refractivity contribution in [1.29, 1.82) is 0 Å². The molecule has 2 atom stereocenters. The normalized spacial score (nSPS) is 33.4. The maximum Gasteiger partial charge on any atom is 0.233 e. The molecule has 1 N–H and O–H groups in total. The van der Waals surface area contributed by atoms with E-state index in [2.05, 4.69) is 0 Å². The van der Waals surface area contributed by atoms with E-state index in [1.807, 2.05) is 0 Å². The highest BCUT2D eigenvalue weighted by molar-refractivity contribution is 6.05. The molecule has 2 saturated carbocycles. The molecule has 2 aliphatic carbocycles. The number of carbonyl (C=O) groups is 2. The summed E-state index contributed by atoms with van der Waals surface area (Å²) < 4.78 is 0. The van der Waals surface area contributed by atoms with Gasteiger partial charge >= 0.3 is 0 Å². The van der Waals surface area contributed by atoms with E-state index in [1.54, 1.807) is 0 Å². The number of likely N-dealkylation sites (tertiary alicyclic amines) is 1. The molecule has 0 bridgehead atoms. The van der Waals surface area contributed by atoms with Crippen molar-refractivity contribution >= 4 is 11.8 Å². The second-order valence-corrected chi connectivity index (χ2v) is 6.98. The number of fused-ring (bicyclic) bond motifs is 1. The van der Waals surface area contributed by atoms with Crippen LogP contribution in [-0.4, -0.2) is 35.0 Å². The van der Waals surface area contributed by atoms with Crippen molar-refractivity contribution < 1.29 is 14.7 Å². The Balaban J connectivity index is 1.76. The SMILES string of the molecule is O=C1C2CCCCC2C(=O)N1CC1(CO)CCCCC1. The van der Waals surface area contributed by atoms with Crippen LogP contribution in [0.25, 0.3) is 0 Å². The van der Waals surface area contributed by atoms with Crippen LogP contribution in [0.4, 0.5) is 0 Å². The molecule has 3 aliphatic rings. The smallest absolute Gasteiger partial charge is 0.233 e. The highest BCUT2D eigenvalue weighted by Gasteiger charge is 2.50. The van der Waals surface area contributed by atoms with Crippen molar-refractivity contribution in [3.63, 3.8) is 0 Å². The Labute approximate surface area is 120 Å². The summed E-state index contributed by atoms with van der Waals surface area (Å²) in [4.78, 5) is 26.5. The summed E-state index contributed by atoms with van der Waals surface area (Å²) in [6.45, 7) is 0.549. The Morgan fingerprint density at radius 2 is 1.50 bits per heavy atom. The maximum atomic E-state index is 12.5. The molecule has 3 rings (SSSR count). The van der Waals surface area contributed by atoms with Crippen molar-refractivity contribution in [3.05, 3.63) is 0 Å². The molecule has 0 spiro atoms. The first kappa shape index (κ1) is 14.1. The van der Waals surface area contributed by atoms with E-state index in [-0.39, 0.29) is 35.7 Å². The Hall–Kier alpha value is -0.900. The number of aliphatic hydroxyl groups is 1. The van der Waals surface area contributed by atoms with Crippen molar-refractivity contribution in [2.75, 3.05) is 13.2 Å². The largest absolute Gasteiger partial charge is 0.396 e. The summed E-state index contributed by atoms with van der Waals surface area (Å²) in [5.41, 5.74) is -0.225. The predicted octanol–water partition coefficient (Wildman–Crippen LogP) is 2.10. The van der Waals surface area contributed by atoms with E-state index in [0.29, 0.717) is 6.54 Å². The molecule has 4 heteroatoms. The van der Waals surface area contributed by atoms with Crippen LogP contribution in [0.3, 0.4) is 0 Å². The van der Waals surface area contributed by atoms with E-state index < -0.39 is 0 Å². The second-order valence-electron chi connectivity index (χ2n) is 6.98. The number of rotatable bonds is 3. The molecule has 1 saturated heterocycles. The highest BCUT2D eigenvalue weighted by Crippen LogP contribution is 2.42. The fourth-order valence-electron chi connectivity index (χ4n) is 4.39. The Kier molecular flexibility index (Phi) is 3.85. The Bertz CT molecular complexity index is 377. The van der Waals surface area contributed by atoms with E-state index in [9.17, 15) is 14.7 Å². The second kappa shape index (κ2) is 5.47. The average Bonchev–Trinajstić information content (AvgIpc) is 2.74. The lowest BCUT2D eigenvalue weighted by Gasteiger charge is -2.38. The van der Waals surface area contributed by atoms with Crippen molar-refractivity contribution in [2.45, 2.75) is 57.8 Å². The van der Waals surface area contributed by atoms with Gasteiger partial charge in [-0.25, -0.2) is 0 Å². The van der Waals surface area contributed by atoms with Gasteiger partial charge in [0.05, 0.1) is 18.4 Å². The molecular weight excluding hydrogens is 254 g/mol. The molecule has 0 aromatic carbocycles. The molecule has 1 aliphatic heterocycles. The molecule has 0 aromatic rings. The van der Waals surface area contributed by atoms with Crippen LogP contribution in [0.1, 0.15) is 57.8 Å². The van der Waals surface area contributed by atoms with Crippen LogP contribution in [0.2, 0.25) is 0 Å². The Morgan fingerprint density at radius 3 is 2.00 bits per heavy atom. The van der Waals surface area contributed by atoms with Gasteiger partial charge in [0.15, 0.2) is 0 Å². The Morgan fingerprint density at radius 1 is 0.950 bits per heavy atom. The zero-order chi connectivity index (χ0) is 14.2. The lowest BCUT2D eigenvalue weighted by atomic mass is 9.74. The first-order valence-electron chi connectivity index (χ1n) is 8.13. The lowest BCUT2D eigenvalue weighted by Crippen LogP contribution is -2.44. The van der Waals surface area contributed by atoms with Gasteiger partial charge in [0.1, 0.15) is 0 Å². The summed E-state index contributed by atoms with van der Waals surface area (Å²) in [5, 5.41) is 9.78. The van der Waals surface area contributed by atoms with Crippen LogP contribution in [-0.2, 0) is 9.59 Å². The number of nitrogens with zero attached hydrogens (tertiary/aromatic N) is 1. The van der Waals surface area contributed by atoms with Crippen molar-refractivity contribution in [2.24, 2.45) is 17.3 Å². The molecule has 0 aromatic heterocycles. The van der Waals surface area contributed by atoms with Gasteiger partial charge in [0.2, 0.25) is 11.8 Å². The van der Waals surface area contributed by atoms with Crippen LogP contribution in [0.5, 0.6) is 0 Å². The molecule has 2 unspecified atom stereocenters. The van der Waals surface area contributed by atoms with Gasteiger partial charge in [-0.2, -0.15) is 0 Å². The topological polar surface area (TPSA) is 57.6 Å². The van der Waals surface area contributed by atoms with Gasteiger partial charge < -0.3 is 5.11 Å². The molecule has 112 valence electrons. The fraction of sp³-hybridized carbons (Fsp3) is 0.875. The van der Waals surface area contributed by atoms with E-state index in [1.165, 1.54) is 11.3 Å². The quantitative estimate of drug-likeness (QED) is 0.805. The monoisotopic (exact) mass is 279 g/mol. The molecule has 2 amide bonds. The van der Waals surface area contributed by atoms with E-state index >= 15 is 0 Å². The van der Waals surface area contributed by atoms with Gasteiger partial charge in [-0.1, -0.05) is 32.1 Å². The third-order valence-electron chi connectivity index (χ3n) is 5.68. The molecule has 20 heavy (non-hydrogen) atoms. The summed E-state index contributed by atoms with van der Waals surface area (Å²) in [6.07, 6.45) is 9.17. The van der Waals surface area contributed by atoms with Gasteiger partial charge in [-0.15, -0.1) is 0 Å². The number of imide groups is 1. The number of carbonyl (C=O) groups excluding carboxylic acids is 2. The van der Waals surface area contributed by atoms with E-state index in [4.69, 9.17) is 0 Å². The van der Waals surface area contributed by atoms with E-state index in [0.717, 1.165) is 51.4 Å². The molecule has 1 heterocycles. The predicted molar refractivity (Wildman–Crippen MR) is 74.8 cm³/mol. The first-order chi connectivity index (χ1) is 9.67. The lowest BCUT2D eigenvalue weighted by molar-refractivity contribution is -0.143. The minimum absolute atomic E-state index is 0.0399. The zero-order valence-electron chi connectivity index (χ0n) is 12.1. The summed E-state index contributed by atoms with van der Waals surface area (Å²) in [5.74, 6) is -0.0395. The fourth-order valence-corrected chi connectivity index (χ4v) is 4.39. The highest BCUT2D eigenvalue weighted by atomic mass is 16.3. The number of hydrogen-bond donors (Lipinski definition) is 1. The minimum Gasteiger partial charge on any atom is -0.396 e. The van der Waals surface area contributed by atoms with Gasteiger partial charge in [0, 0.05) is 12.0 Å². The van der Waals surface area contributed by atoms with Gasteiger partial charge in [-0.3, -0.25) is 14.5 Å². The van der Waals surface area contributed by atoms with Crippen LogP contribution < -0.4 is 0 Å². The first-order valence-corrected chi connectivity index (χ1v) is 8.13. The number of hydrogen-bond acceptors (Lipinski definition) is 3. The average molecular weight is 279 g/mol. The summed E-state index contributed by atoms with van der Waals surface area (Å²) in [6, 6.07) is 0. The summed E-state index contributed by atoms with van der Waals surface area (Å²) >= 11 is 0. The van der Waals surface area contributed by atoms with Gasteiger partial charge in [0.25, 0.3) is 0 Å². The zero-order valence-corrected chi connectivity index (χ0v) is 12.1. The molecular formula is C16H25NO3. The van der Waals surface area contributed by atoms with Crippen LogP contribution in [0, 0.1) is 17.3 Å². The van der Waals surface area contributed by atoms with Gasteiger partial charge in [-0.05, 0) is 25.7 Å².